The Balaban J connectivity index is 1.15. The second-order valence-corrected chi connectivity index (χ2v) is 10.9. The molecule has 1 N–H and O–H groups in total. The summed E-state index contributed by atoms with van der Waals surface area (Å²) in [5.41, 5.74) is 4.75. The van der Waals surface area contributed by atoms with Crippen molar-refractivity contribution in [2.75, 3.05) is 32.0 Å². The summed E-state index contributed by atoms with van der Waals surface area (Å²) in [6, 6.07) is 9.00. The van der Waals surface area contributed by atoms with Gasteiger partial charge in [-0.15, -0.1) is 0 Å². The molecule has 2 aromatic rings. The maximum Gasteiger partial charge on any atom is 0.338 e. The third-order valence-electron chi connectivity index (χ3n) is 7.26. The number of esters is 2. The molecule has 0 aromatic heterocycles. The molecule has 3 heterocycles. The van der Waals surface area contributed by atoms with Crippen LogP contribution in [-0.4, -0.2) is 58.1 Å². The van der Waals surface area contributed by atoms with Crippen molar-refractivity contribution < 1.29 is 28.4 Å². The van der Waals surface area contributed by atoms with Crippen LogP contribution in [-0.2, 0) is 33.3 Å². The van der Waals surface area contributed by atoms with Crippen LogP contribution in [0.2, 0.25) is 0 Å². The number of likely N-dealkylation sites (tertiary alicyclic amines) is 1. The highest BCUT2D eigenvalue weighted by atomic mass is 32.2. The number of rotatable bonds is 6. The summed E-state index contributed by atoms with van der Waals surface area (Å²) in [5, 5.41) is 10.9. The molecule has 2 atom stereocenters. The third-order valence-corrected chi connectivity index (χ3v) is 8.81. The number of ether oxygens (including phenoxy) is 2. The highest BCUT2D eigenvalue weighted by Crippen LogP contribution is 2.30. The van der Waals surface area contributed by atoms with E-state index in [9.17, 15) is 18.9 Å². The van der Waals surface area contributed by atoms with Crippen LogP contribution in [0.1, 0.15) is 61.9 Å². The molecule has 1 fully saturated rings. The molecule has 0 amide bonds. The van der Waals surface area contributed by atoms with Gasteiger partial charge in [0.2, 0.25) is 0 Å². The molecule has 3 aliphatic rings. The van der Waals surface area contributed by atoms with E-state index in [1.165, 1.54) is 0 Å². The molecule has 180 valence electrons. The molecule has 0 bridgehead atoms. The molecule has 0 radical (unpaired) electrons. The first-order valence-corrected chi connectivity index (χ1v) is 13.1. The quantitative estimate of drug-likeness (QED) is 0.632. The lowest BCUT2D eigenvalue weighted by Crippen LogP contribution is -2.38. The topological polar surface area (TPSA) is 93.1 Å². The predicted octanol–water partition coefficient (Wildman–Crippen LogP) is 2.93. The minimum absolute atomic E-state index is 0.275. The van der Waals surface area contributed by atoms with Gasteiger partial charge in [0.25, 0.3) is 0 Å². The Bertz CT molecular complexity index is 1150. The summed E-state index contributed by atoms with van der Waals surface area (Å²) in [7, 11) is -1.11. The SMILES string of the molecule is Cc1c([C@H](O)CN2CCC(CS(=O)c3ccc4c(c3)CCOC4=O)CC2)ccc2c1COC2=O. The van der Waals surface area contributed by atoms with Crippen molar-refractivity contribution in [3.8, 4) is 0 Å². The van der Waals surface area contributed by atoms with E-state index in [1.807, 2.05) is 19.1 Å². The van der Waals surface area contributed by atoms with Gasteiger partial charge in [-0.05, 0) is 79.7 Å². The zero-order valence-electron chi connectivity index (χ0n) is 19.2. The van der Waals surface area contributed by atoms with E-state index in [1.54, 1.807) is 18.2 Å². The molecule has 0 aliphatic carbocycles. The summed E-state index contributed by atoms with van der Waals surface area (Å²) in [6.45, 7) is 4.82. The molecule has 0 saturated carbocycles. The van der Waals surface area contributed by atoms with Gasteiger partial charge in [0.05, 0.1) is 34.6 Å². The Morgan fingerprint density at radius 2 is 1.82 bits per heavy atom. The number of fused-ring (bicyclic) bond motifs is 2. The average molecular weight is 484 g/mol. The Labute approximate surface area is 201 Å². The Kier molecular flexibility index (Phi) is 6.55. The summed E-state index contributed by atoms with van der Waals surface area (Å²) >= 11 is 0. The lowest BCUT2D eigenvalue weighted by molar-refractivity contribution is 0.0478. The molecule has 8 heteroatoms. The molecular weight excluding hydrogens is 454 g/mol. The number of carbonyl (C=O) groups excluding carboxylic acids is 2. The molecule has 1 saturated heterocycles. The van der Waals surface area contributed by atoms with Crippen LogP contribution in [0.4, 0.5) is 0 Å². The van der Waals surface area contributed by atoms with Crippen LogP contribution < -0.4 is 0 Å². The van der Waals surface area contributed by atoms with Gasteiger partial charge in [0, 0.05) is 29.2 Å². The van der Waals surface area contributed by atoms with Gasteiger partial charge >= 0.3 is 11.9 Å². The summed E-state index contributed by atoms with van der Waals surface area (Å²) < 4.78 is 23.2. The number of aliphatic hydroxyl groups excluding tert-OH is 1. The fourth-order valence-corrected chi connectivity index (χ4v) is 6.61. The fraction of sp³-hybridized carbons (Fsp3) is 0.462. The van der Waals surface area contributed by atoms with Crippen molar-refractivity contribution in [2.24, 2.45) is 5.92 Å². The number of aliphatic hydroxyl groups is 1. The van der Waals surface area contributed by atoms with Gasteiger partial charge in [0.1, 0.15) is 6.61 Å². The normalized spacial score (nSPS) is 20.3. The van der Waals surface area contributed by atoms with E-state index in [0.717, 1.165) is 53.1 Å². The average Bonchev–Trinajstić information content (AvgIpc) is 3.22. The van der Waals surface area contributed by atoms with Gasteiger partial charge in [0.15, 0.2) is 0 Å². The number of β-amino-alcohol motifs (C(OH)–C–C–N with tert-alkyl or cyclic N) is 1. The highest BCUT2D eigenvalue weighted by molar-refractivity contribution is 7.85. The number of hydrogen-bond donors (Lipinski definition) is 1. The van der Waals surface area contributed by atoms with Crippen LogP contribution in [0, 0.1) is 12.8 Å². The van der Waals surface area contributed by atoms with Crippen LogP contribution in [0.25, 0.3) is 0 Å². The summed E-state index contributed by atoms with van der Waals surface area (Å²) in [6.07, 6.45) is 1.90. The van der Waals surface area contributed by atoms with E-state index in [2.05, 4.69) is 4.90 Å². The van der Waals surface area contributed by atoms with Crippen LogP contribution in [0.3, 0.4) is 0 Å². The van der Waals surface area contributed by atoms with Gasteiger partial charge in [-0.1, -0.05) is 6.07 Å². The first-order valence-electron chi connectivity index (χ1n) is 11.8. The van der Waals surface area contributed by atoms with Crippen molar-refractivity contribution >= 4 is 22.7 Å². The van der Waals surface area contributed by atoms with Gasteiger partial charge < -0.3 is 19.5 Å². The Morgan fingerprint density at radius 3 is 2.62 bits per heavy atom. The first kappa shape index (κ1) is 23.2. The Hall–Kier alpha value is -2.55. The maximum absolute atomic E-state index is 13.0. The predicted molar refractivity (Wildman–Crippen MR) is 126 cm³/mol. The Morgan fingerprint density at radius 1 is 1.09 bits per heavy atom. The van der Waals surface area contributed by atoms with E-state index in [0.29, 0.717) is 42.4 Å². The van der Waals surface area contributed by atoms with Crippen molar-refractivity contribution in [1.82, 2.24) is 4.90 Å². The van der Waals surface area contributed by atoms with Crippen molar-refractivity contribution in [3.63, 3.8) is 0 Å². The zero-order chi connectivity index (χ0) is 23.8. The van der Waals surface area contributed by atoms with Crippen molar-refractivity contribution in [2.45, 2.75) is 43.8 Å². The number of carbonyl (C=O) groups is 2. The second kappa shape index (κ2) is 9.60. The summed E-state index contributed by atoms with van der Waals surface area (Å²) in [4.78, 5) is 26.6. The number of hydrogen-bond acceptors (Lipinski definition) is 7. The largest absolute Gasteiger partial charge is 0.462 e. The molecule has 34 heavy (non-hydrogen) atoms. The monoisotopic (exact) mass is 483 g/mol. The fourth-order valence-electron chi connectivity index (χ4n) is 5.17. The van der Waals surface area contributed by atoms with Gasteiger partial charge in [-0.2, -0.15) is 0 Å². The highest BCUT2D eigenvalue weighted by Gasteiger charge is 2.28. The van der Waals surface area contributed by atoms with Crippen LogP contribution in [0.5, 0.6) is 0 Å². The zero-order valence-corrected chi connectivity index (χ0v) is 20.1. The van der Waals surface area contributed by atoms with Crippen molar-refractivity contribution in [1.29, 1.82) is 0 Å². The number of cyclic esters (lactones) is 2. The lowest BCUT2D eigenvalue weighted by atomic mass is 9.94. The molecular formula is C26H29NO6S. The van der Waals surface area contributed by atoms with E-state index in [-0.39, 0.29) is 18.5 Å². The molecule has 1 unspecified atom stereocenters. The maximum atomic E-state index is 13.0. The third kappa shape index (κ3) is 4.54. The summed E-state index contributed by atoms with van der Waals surface area (Å²) in [5.74, 6) is 0.374. The van der Waals surface area contributed by atoms with Crippen LogP contribution >= 0.6 is 0 Å². The minimum Gasteiger partial charge on any atom is -0.462 e. The standard InChI is InChI=1S/C26H29NO6S/c1-16-20(4-5-22-23(16)14-33-26(22)30)24(28)13-27-9-6-17(7-10-27)15-34(31)19-2-3-21-18(12-19)8-11-32-25(21)29/h2-5,12,17,24,28H,6-11,13-15H2,1H3/t24-,34?/m1/s1. The molecule has 5 rings (SSSR count). The van der Waals surface area contributed by atoms with E-state index >= 15 is 0 Å². The lowest BCUT2D eigenvalue weighted by Gasteiger charge is -2.33. The second-order valence-electron chi connectivity index (χ2n) is 9.36. The number of benzene rings is 2. The van der Waals surface area contributed by atoms with E-state index in [4.69, 9.17) is 9.47 Å². The van der Waals surface area contributed by atoms with Gasteiger partial charge in [-0.25, -0.2) is 9.59 Å². The molecule has 7 nitrogen and oxygen atoms in total. The number of nitrogens with zero attached hydrogens (tertiary/aromatic N) is 1. The molecule has 2 aromatic carbocycles. The molecule has 0 spiro atoms. The van der Waals surface area contributed by atoms with Gasteiger partial charge in [-0.3, -0.25) is 4.21 Å². The minimum atomic E-state index is -1.11. The first-order chi connectivity index (χ1) is 16.4. The van der Waals surface area contributed by atoms with Crippen LogP contribution in [0.15, 0.2) is 35.2 Å². The van der Waals surface area contributed by atoms with E-state index < -0.39 is 16.9 Å². The molecule has 3 aliphatic heterocycles. The van der Waals surface area contributed by atoms with Crippen molar-refractivity contribution in [3.05, 3.63) is 63.7 Å². The number of piperidine rings is 1. The smallest absolute Gasteiger partial charge is 0.338 e.